The van der Waals surface area contributed by atoms with E-state index in [2.05, 4.69) is 43.4 Å². The third-order valence-electron chi connectivity index (χ3n) is 2.88. The van der Waals surface area contributed by atoms with Crippen LogP contribution in [0.4, 0.5) is 0 Å². The lowest BCUT2D eigenvalue weighted by Gasteiger charge is -2.07. The van der Waals surface area contributed by atoms with E-state index in [1.54, 1.807) is 18.4 Å². The minimum absolute atomic E-state index is 0.387. The van der Waals surface area contributed by atoms with Gasteiger partial charge in [0.05, 0.1) is 16.8 Å². The highest BCUT2D eigenvalue weighted by Crippen LogP contribution is 2.34. The van der Waals surface area contributed by atoms with E-state index in [4.69, 9.17) is 16.3 Å². The molecule has 3 aromatic rings. The Morgan fingerprint density at radius 3 is 2.90 bits per heavy atom. The molecule has 0 N–H and O–H groups in total. The Hall–Kier alpha value is -1.01. The fourth-order valence-corrected chi connectivity index (χ4v) is 3.39. The maximum absolute atomic E-state index is 6.17. The maximum atomic E-state index is 6.17. The monoisotopic (exact) mass is 368 g/mol. The predicted molar refractivity (Wildman–Crippen MR) is 86.3 cm³/mol. The second kappa shape index (κ2) is 5.77. The molecule has 0 fully saturated rings. The lowest BCUT2D eigenvalue weighted by Crippen LogP contribution is -1.99. The molecule has 2 heterocycles. The van der Waals surface area contributed by atoms with Gasteiger partial charge in [-0.25, -0.2) is 9.97 Å². The summed E-state index contributed by atoms with van der Waals surface area (Å²) in [4.78, 5) is 8.92. The van der Waals surface area contributed by atoms with E-state index in [9.17, 15) is 0 Å². The van der Waals surface area contributed by atoms with Crippen LogP contribution in [0.2, 0.25) is 5.15 Å². The van der Waals surface area contributed by atoms with Crippen LogP contribution in [-0.4, -0.2) is 17.1 Å². The van der Waals surface area contributed by atoms with Gasteiger partial charge in [-0.1, -0.05) is 29.8 Å². The van der Waals surface area contributed by atoms with E-state index in [-0.39, 0.29) is 0 Å². The van der Waals surface area contributed by atoms with Gasteiger partial charge >= 0.3 is 0 Å². The fourth-order valence-electron chi connectivity index (χ4n) is 1.97. The Kier molecular flexibility index (Phi) is 4.03. The van der Waals surface area contributed by atoms with Gasteiger partial charge in [0.2, 0.25) is 0 Å². The van der Waals surface area contributed by atoms with Crippen molar-refractivity contribution >= 4 is 49.0 Å². The van der Waals surface area contributed by atoms with Gasteiger partial charge in [-0.05, 0) is 22.0 Å². The van der Waals surface area contributed by atoms with Gasteiger partial charge in [0.25, 0.3) is 0 Å². The van der Waals surface area contributed by atoms with E-state index < -0.39 is 0 Å². The molecule has 0 spiro atoms. The summed E-state index contributed by atoms with van der Waals surface area (Å²) in [6.07, 6.45) is 0. The van der Waals surface area contributed by atoms with Crippen molar-refractivity contribution in [1.82, 2.24) is 9.97 Å². The number of fused-ring (bicyclic) bond motifs is 1. The van der Waals surface area contributed by atoms with Crippen LogP contribution < -0.4 is 0 Å². The number of hydrogen-bond donors (Lipinski definition) is 0. The zero-order valence-corrected chi connectivity index (χ0v) is 13.7. The van der Waals surface area contributed by atoms with Gasteiger partial charge in [0.1, 0.15) is 5.15 Å². The van der Waals surface area contributed by atoms with Crippen molar-refractivity contribution in [3.05, 3.63) is 45.0 Å². The van der Waals surface area contributed by atoms with Crippen LogP contribution in [0.5, 0.6) is 0 Å². The molecule has 3 nitrogen and oxygen atoms in total. The zero-order chi connectivity index (χ0) is 14.1. The first-order valence-corrected chi connectivity index (χ1v) is 7.93. The molecular formula is C14H10BrClN2OS. The number of thiophene rings is 1. The van der Waals surface area contributed by atoms with E-state index in [1.807, 2.05) is 12.1 Å². The molecule has 0 bridgehead atoms. The quantitative estimate of drug-likeness (QED) is 0.615. The van der Waals surface area contributed by atoms with Crippen LogP contribution in [0.3, 0.4) is 0 Å². The molecule has 0 unspecified atom stereocenters. The zero-order valence-electron chi connectivity index (χ0n) is 10.6. The van der Waals surface area contributed by atoms with Crippen molar-refractivity contribution in [3.63, 3.8) is 0 Å². The maximum Gasteiger partial charge on any atom is 0.162 e. The standard InChI is InChI=1S/C14H10BrClN2OS/c1-19-6-10-12(15)13(16)18-14(17-10)9-7-20-11-5-3-2-4-8(9)11/h2-5,7H,6H2,1H3. The Bertz CT molecular complexity index is 775. The molecular weight excluding hydrogens is 360 g/mol. The third-order valence-corrected chi connectivity index (χ3v) is 5.18. The fraction of sp³-hybridized carbons (Fsp3) is 0.143. The summed E-state index contributed by atoms with van der Waals surface area (Å²) < 4.78 is 7.04. The third kappa shape index (κ3) is 2.46. The predicted octanol–water partition coefficient (Wildman–Crippen LogP) is 4.92. The number of nitrogens with zero attached hydrogens (tertiary/aromatic N) is 2. The highest BCUT2D eigenvalue weighted by atomic mass is 79.9. The topological polar surface area (TPSA) is 35.0 Å². The number of ether oxygens (including phenoxy) is 1. The molecule has 0 atom stereocenters. The first-order valence-electron chi connectivity index (χ1n) is 5.88. The highest BCUT2D eigenvalue weighted by Gasteiger charge is 2.14. The molecule has 1 aromatic carbocycles. The van der Waals surface area contributed by atoms with Crippen LogP contribution in [0.25, 0.3) is 21.5 Å². The second-order valence-electron chi connectivity index (χ2n) is 4.18. The number of rotatable bonds is 3. The van der Waals surface area contributed by atoms with Crippen molar-refractivity contribution in [2.75, 3.05) is 7.11 Å². The molecule has 0 amide bonds. The summed E-state index contributed by atoms with van der Waals surface area (Å²) >= 11 is 11.2. The van der Waals surface area contributed by atoms with E-state index in [0.29, 0.717) is 22.1 Å². The summed E-state index contributed by atoms with van der Waals surface area (Å²) in [5, 5.41) is 3.59. The molecule has 0 aliphatic carbocycles. The summed E-state index contributed by atoms with van der Waals surface area (Å²) in [5.41, 5.74) is 1.75. The van der Waals surface area contributed by atoms with Gasteiger partial charge in [-0.3, -0.25) is 0 Å². The average molecular weight is 370 g/mol. The number of halogens is 2. The van der Waals surface area contributed by atoms with Crippen molar-refractivity contribution in [3.8, 4) is 11.4 Å². The van der Waals surface area contributed by atoms with Crippen molar-refractivity contribution in [2.45, 2.75) is 6.61 Å². The largest absolute Gasteiger partial charge is 0.378 e. The van der Waals surface area contributed by atoms with Crippen LogP contribution in [0.15, 0.2) is 34.1 Å². The number of hydrogen-bond acceptors (Lipinski definition) is 4. The first kappa shape index (κ1) is 13.9. The second-order valence-corrected chi connectivity index (χ2v) is 6.24. The molecule has 2 aromatic heterocycles. The molecule has 20 heavy (non-hydrogen) atoms. The van der Waals surface area contributed by atoms with Gasteiger partial charge in [-0.2, -0.15) is 0 Å². The first-order chi connectivity index (χ1) is 9.70. The number of aromatic nitrogens is 2. The molecule has 0 aliphatic heterocycles. The summed E-state index contributed by atoms with van der Waals surface area (Å²) in [7, 11) is 1.63. The Labute approximate surface area is 133 Å². The number of methoxy groups -OCH3 is 1. The molecule has 6 heteroatoms. The molecule has 0 saturated carbocycles. The molecule has 102 valence electrons. The Morgan fingerprint density at radius 2 is 2.10 bits per heavy atom. The van der Waals surface area contributed by atoms with Crippen LogP contribution in [-0.2, 0) is 11.3 Å². The van der Waals surface area contributed by atoms with Crippen molar-refractivity contribution < 1.29 is 4.74 Å². The van der Waals surface area contributed by atoms with Crippen LogP contribution in [0, 0.1) is 0 Å². The SMILES string of the molecule is COCc1nc(-c2csc3ccccc23)nc(Cl)c1Br. The van der Waals surface area contributed by atoms with Gasteiger partial charge in [0, 0.05) is 28.1 Å². The smallest absolute Gasteiger partial charge is 0.162 e. The number of benzene rings is 1. The average Bonchev–Trinajstić information content (AvgIpc) is 2.88. The van der Waals surface area contributed by atoms with E-state index in [1.165, 1.54) is 4.70 Å². The minimum atomic E-state index is 0.387. The van der Waals surface area contributed by atoms with Crippen LogP contribution >= 0.6 is 38.9 Å². The molecule has 0 saturated heterocycles. The Balaban J connectivity index is 2.19. The van der Waals surface area contributed by atoms with Crippen LogP contribution in [0.1, 0.15) is 5.69 Å². The highest BCUT2D eigenvalue weighted by molar-refractivity contribution is 9.10. The summed E-state index contributed by atoms with van der Waals surface area (Å²) in [5.74, 6) is 0.628. The van der Waals surface area contributed by atoms with Gasteiger partial charge < -0.3 is 4.74 Å². The molecule has 0 radical (unpaired) electrons. The minimum Gasteiger partial charge on any atom is -0.378 e. The molecule has 3 rings (SSSR count). The lowest BCUT2D eigenvalue weighted by molar-refractivity contribution is 0.181. The summed E-state index contributed by atoms with van der Waals surface area (Å²) in [6, 6.07) is 8.18. The van der Waals surface area contributed by atoms with Gasteiger partial charge in [-0.15, -0.1) is 11.3 Å². The van der Waals surface area contributed by atoms with Crippen molar-refractivity contribution in [2.24, 2.45) is 0 Å². The molecule has 0 aliphatic rings. The van der Waals surface area contributed by atoms with E-state index in [0.717, 1.165) is 16.6 Å². The van der Waals surface area contributed by atoms with Gasteiger partial charge in [0.15, 0.2) is 5.82 Å². The Morgan fingerprint density at radius 1 is 1.30 bits per heavy atom. The van der Waals surface area contributed by atoms with E-state index >= 15 is 0 Å². The summed E-state index contributed by atoms with van der Waals surface area (Å²) in [6.45, 7) is 0.387. The normalized spacial score (nSPS) is 11.2. The lowest BCUT2D eigenvalue weighted by atomic mass is 10.1. The van der Waals surface area contributed by atoms with Crippen molar-refractivity contribution in [1.29, 1.82) is 0 Å².